The third-order valence-electron chi connectivity index (χ3n) is 7.94. The molecule has 1 heterocycles. The average molecular weight is 629 g/mol. The second-order valence-electron chi connectivity index (χ2n) is 11.7. The van der Waals surface area contributed by atoms with Gasteiger partial charge in [0, 0.05) is 43.9 Å². The minimum absolute atomic E-state index is 0.0153. The Bertz CT molecular complexity index is 1300. The van der Waals surface area contributed by atoms with E-state index < -0.39 is 59.1 Å². The molecule has 0 atom stereocenters. The predicted molar refractivity (Wildman–Crippen MR) is 153 cm³/mol. The van der Waals surface area contributed by atoms with Crippen molar-refractivity contribution in [3.8, 4) is 11.6 Å². The number of halogens is 4. The largest absolute Gasteiger partial charge is 0.465 e. The van der Waals surface area contributed by atoms with Gasteiger partial charge >= 0.3 is 12.1 Å². The number of aliphatic hydroxyl groups is 1. The number of nitrogens with zero attached hydrogens (tertiary/aromatic N) is 2. The van der Waals surface area contributed by atoms with Crippen molar-refractivity contribution in [2.45, 2.75) is 64.1 Å². The number of carbonyl (C=O) groups excluding carboxylic acids is 2. The lowest BCUT2D eigenvalue weighted by atomic mass is 9.82. The van der Waals surface area contributed by atoms with E-state index in [1.54, 1.807) is 0 Å². The molecule has 1 N–H and O–H groups in total. The number of amides is 1. The highest BCUT2D eigenvalue weighted by Crippen LogP contribution is 2.41. The van der Waals surface area contributed by atoms with E-state index in [-0.39, 0.29) is 35.9 Å². The summed E-state index contributed by atoms with van der Waals surface area (Å²) in [6.07, 6.45) is -1.03. The first-order valence-electron chi connectivity index (χ1n) is 14.3. The fourth-order valence-electron chi connectivity index (χ4n) is 5.18. The number of methoxy groups -OCH3 is 3. The second kappa shape index (κ2) is 14.7. The van der Waals surface area contributed by atoms with Gasteiger partial charge < -0.3 is 29.0 Å². The summed E-state index contributed by atoms with van der Waals surface area (Å²) in [6.45, 7) is 4.69. The number of alkyl halides is 3. The Kier molecular flexibility index (Phi) is 11.7. The molecule has 244 valence electrons. The summed E-state index contributed by atoms with van der Waals surface area (Å²) in [5.74, 6) is -4.15. The van der Waals surface area contributed by atoms with Crippen molar-refractivity contribution in [1.82, 2.24) is 4.98 Å². The van der Waals surface area contributed by atoms with Crippen LogP contribution in [0.5, 0.6) is 11.6 Å². The smallest absolute Gasteiger partial charge is 0.421 e. The molecule has 0 spiro atoms. The number of ether oxygens (including phenoxy) is 4. The molecule has 2 aromatic rings. The van der Waals surface area contributed by atoms with Gasteiger partial charge in [-0.1, -0.05) is 20.8 Å². The van der Waals surface area contributed by atoms with E-state index >= 15 is 4.39 Å². The topological polar surface area (TPSA) is 107 Å². The van der Waals surface area contributed by atoms with Crippen LogP contribution in [0, 0.1) is 17.7 Å². The standard InChI is InChI=1S/C31H40F4N2O7/c1-18-7-9-19(10-8-18)28(39)37(21(15-41-4)16-42-5)25-13-24(32)26(12-22(25)29(40)43-6)44-27-23(31(33,34)35)11-20(14-36-27)30(2,3)17-38/h11-14,18-19,21,38H,7-10,15-17H2,1-6H3/t18-,19-. The summed E-state index contributed by atoms with van der Waals surface area (Å²) in [5.41, 5.74) is -2.75. The Balaban J connectivity index is 2.17. The van der Waals surface area contributed by atoms with Gasteiger partial charge in [-0.15, -0.1) is 0 Å². The van der Waals surface area contributed by atoms with Gasteiger partial charge in [-0.25, -0.2) is 14.2 Å². The normalized spacial score (nSPS) is 17.5. The van der Waals surface area contributed by atoms with Gasteiger partial charge in [0.15, 0.2) is 11.6 Å². The fraction of sp³-hybridized carbons (Fsp3) is 0.581. The molecule has 1 amide bonds. The van der Waals surface area contributed by atoms with Crippen LogP contribution in [0.2, 0.25) is 0 Å². The van der Waals surface area contributed by atoms with E-state index in [0.717, 1.165) is 44.3 Å². The molecule has 0 bridgehead atoms. The monoisotopic (exact) mass is 628 g/mol. The Morgan fingerprint density at radius 2 is 1.66 bits per heavy atom. The van der Waals surface area contributed by atoms with Gasteiger partial charge in [0.2, 0.25) is 11.8 Å². The molecular formula is C31H40F4N2O7. The molecule has 1 fully saturated rings. The van der Waals surface area contributed by atoms with Gasteiger partial charge in [-0.2, -0.15) is 13.2 Å². The van der Waals surface area contributed by atoms with Crippen molar-refractivity contribution in [3.63, 3.8) is 0 Å². The zero-order chi connectivity index (χ0) is 32.8. The van der Waals surface area contributed by atoms with Crippen LogP contribution in [-0.4, -0.2) is 69.2 Å². The van der Waals surface area contributed by atoms with Crippen molar-refractivity contribution in [3.05, 3.63) is 46.9 Å². The summed E-state index contributed by atoms with van der Waals surface area (Å²) >= 11 is 0. The summed E-state index contributed by atoms with van der Waals surface area (Å²) < 4.78 is 78.9. The minimum Gasteiger partial charge on any atom is -0.465 e. The van der Waals surface area contributed by atoms with E-state index in [1.165, 1.54) is 33.0 Å². The number of pyridine rings is 1. The maximum atomic E-state index is 15.8. The van der Waals surface area contributed by atoms with E-state index in [4.69, 9.17) is 18.9 Å². The third kappa shape index (κ3) is 8.05. The van der Waals surface area contributed by atoms with E-state index in [9.17, 15) is 27.9 Å². The van der Waals surface area contributed by atoms with E-state index in [1.807, 2.05) is 0 Å². The van der Waals surface area contributed by atoms with Crippen LogP contribution in [0.4, 0.5) is 23.2 Å². The highest BCUT2D eigenvalue weighted by Gasteiger charge is 2.39. The summed E-state index contributed by atoms with van der Waals surface area (Å²) in [6, 6.07) is 1.76. The number of hydrogen-bond acceptors (Lipinski definition) is 8. The molecule has 1 aliphatic rings. The van der Waals surface area contributed by atoms with Gasteiger partial charge in [0.25, 0.3) is 0 Å². The molecular weight excluding hydrogens is 588 g/mol. The van der Waals surface area contributed by atoms with Crippen molar-refractivity contribution in [2.24, 2.45) is 11.8 Å². The van der Waals surface area contributed by atoms with E-state index in [2.05, 4.69) is 11.9 Å². The first-order valence-corrected chi connectivity index (χ1v) is 14.3. The van der Waals surface area contributed by atoms with Crippen LogP contribution in [0.3, 0.4) is 0 Å². The minimum atomic E-state index is -4.94. The molecule has 0 radical (unpaired) electrons. The molecule has 3 rings (SSSR count). The van der Waals surface area contributed by atoms with Crippen molar-refractivity contribution < 1.29 is 51.2 Å². The quantitative estimate of drug-likeness (QED) is 0.229. The second-order valence-corrected chi connectivity index (χ2v) is 11.7. The first-order chi connectivity index (χ1) is 20.7. The molecule has 1 saturated carbocycles. The van der Waals surface area contributed by atoms with Crippen LogP contribution >= 0.6 is 0 Å². The maximum Gasteiger partial charge on any atom is 0.421 e. The SMILES string of the molecule is COCC(COC)N(c1cc(F)c(Oc2ncc(C(C)(C)CO)cc2C(F)(F)F)cc1C(=O)OC)C(=O)[C@H]1CC[C@H](C)CC1. The lowest BCUT2D eigenvalue weighted by Gasteiger charge is -2.36. The van der Waals surface area contributed by atoms with Gasteiger partial charge in [0.05, 0.1) is 44.2 Å². The fourth-order valence-corrected chi connectivity index (χ4v) is 5.18. The van der Waals surface area contributed by atoms with Gasteiger partial charge in [-0.05, 0) is 43.2 Å². The maximum absolute atomic E-state index is 15.8. The van der Waals surface area contributed by atoms with Crippen molar-refractivity contribution in [1.29, 1.82) is 0 Å². The number of aromatic nitrogens is 1. The summed E-state index contributed by atoms with van der Waals surface area (Å²) in [4.78, 5) is 32.1. The van der Waals surface area contributed by atoms with E-state index in [0.29, 0.717) is 18.8 Å². The van der Waals surface area contributed by atoms with Gasteiger partial charge in [-0.3, -0.25) is 4.79 Å². The Labute approximate surface area is 254 Å². The van der Waals surface area contributed by atoms with Crippen LogP contribution < -0.4 is 9.64 Å². The lowest BCUT2D eigenvalue weighted by Crippen LogP contribution is -2.49. The van der Waals surface area contributed by atoms with Crippen LogP contribution in [0.15, 0.2) is 24.4 Å². The van der Waals surface area contributed by atoms with Crippen LogP contribution in [-0.2, 0) is 30.6 Å². The molecule has 1 aromatic heterocycles. The third-order valence-corrected chi connectivity index (χ3v) is 7.94. The Morgan fingerprint density at radius 3 is 2.18 bits per heavy atom. The highest BCUT2D eigenvalue weighted by atomic mass is 19.4. The Hall–Kier alpha value is -3.29. The summed E-state index contributed by atoms with van der Waals surface area (Å²) in [7, 11) is 3.92. The summed E-state index contributed by atoms with van der Waals surface area (Å²) in [5, 5.41) is 9.62. The first kappa shape index (κ1) is 35.2. The zero-order valence-corrected chi connectivity index (χ0v) is 25.8. The molecule has 0 aliphatic heterocycles. The van der Waals surface area contributed by atoms with Crippen molar-refractivity contribution in [2.75, 3.05) is 46.0 Å². The lowest BCUT2D eigenvalue weighted by molar-refractivity contribution is -0.139. The number of hydrogen-bond donors (Lipinski definition) is 1. The number of esters is 1. The molecule has 44 heavy (non-hydrogen) atoms. The van der Waals surface area contributed by atoms with Crippen LogP contribution in [0.25, 0.3) is 0 Å². The zero-order valence-electron chi connectivity index (χ0n) is 25.8. The number of benzene rings is 1. The highest BCUT2D eigenvalue weighted by molar-refractivity contribution is 6.04. The predicted octanol–water partition coefficient (Wildman–Crippen LogP) is 5.91. The van der Waals surface area contributed by atoms with Crippen LogP contribution in [0.1, 0.15) is 67.9 Å². The molecule has 9 nitrogen and oxygen atoms in total. The average Bonchev–Trinajstić information content (AvgIpc) is 2.98. The Morgan fingerprint density at radius 1 is 1.05 bits per heavy atom. The number of aliphatic hydroxyl groups excluding tert-OH is 1. The number of rotatable bonds is 12. The molecule has 0 saturated heterocycles. The molecule has 1 aromatic carbocycles. The molecule has 0 unspecified atom stereocenters. The number of carbonyl (C=O) groups is 2. The molecule has 1 aliphatic carbocycles. The van der Waals surface area contributed by atoms with Crippen molar-refractivity contribution >= 4 is 17.6 Å². The number of anilines is 1. The van der Waals surface area contributed by atoms with Gasteiger partial charge in [0.1, 0.15) is 5.56 Å². The molecule has 13 heteroatoms.